The third-order valence-corrected chi connectivity index (χ3v) is 6.48. The van der Waals surface area contributed by atoms with E-state index in [-0.39, 0.29) is 17.1 Å². The van der Waals surface area contributed by atoms with Gasteiger partial charge in [-0.25, -0.2) is 14.0 Å². The highest BCUT2D eigenvalue weighted by Crippen LogP contribution is 2.28. The van der Waals surface area contributed by atoms with Gasteiger partial charge in [-0.1, -0.05) is 23.7 Å². The van der Waals surface area contributed by atoms with Crippen LogP contribution >= 0.6 is 11.6 Å². The molecule has 0 spiro atoms. The van der Waals surface area contributed by atoms with E-state index in [1.165, 1.54) is 22.3 Å². The van der Waals surface area contributed by atoms with Gasteiger partial charge in [-0.3, -0.25) is 9.13 Å². The summed E-state index contributed by atoms with van der Waals surface area (Å²) < 4.78 is 28.2. The molecule has 180 valence electrons. The van der Waals surface area contributed by atoms with Crippen molar-refractivity contribution in [2.45, 2.75) is 6.54 Å². The van der Waals surface area contributed by atoms with Gasteiger partial charge in [0, 0.05) is 18.8 Å². The minimum absolute atomic E-state index is 0.0595. The second-order valence-electron chi connectivity index (χ2n) is 8.24. The van der Waals surface area contributed by atoms with Crippen molar-refractivity contribution in [2.24, 2.45) is 0 Å². The maximum atomic E-state index is 15.2. The first-order valence-corrected chi connectivity index (χ1v) is 11.6. The van der Waals surface area contributed by atoms with Crippen molar-refractivity contribution in [3.05, 3.63) is 93.1 Å². The topological polar surface area (TPSA) is 65.7 Å². The summed E-state index contributed by atoms with van der Waals surface area (Å²) in [6.07, 6.45) is 0. The van der Waals surface area contributed by atoms with Crippen LogP contribution in [0.3, 0.4) is 0 Å². The molecule has 0 saturated carbocycles. The molecule has 0 radical (unpaired) electrons. The number of fused-ring (bicyclic) bond motifs is 1. The fourth-order valence-corrected chi connectivity index (χ4v) is 4.51. The Labute approximate surface area is 205 Å². The zero-order valence-electron chi connectivity index (χ0n) is 19.0. The first-order chi connectivity index (χ1) is 17.0. The Morgan fingerprint density at radius 2 is 1.66 bits per heavy atom. The monoisotopic (exact) mass is 495 g/mol. The van der Waals surface area contributed by atoms with Gasteiger partial charge in [-0.15, -0.1) is 0 Å². The minimum Gasteiger partial charge on any atom is -0.465 e. The number of halogens is 2. The molecule has 0 amide bonds. The fraction of sp³-hybridized carbons (Fsp3) is 0.231. The van der Waals surface area contributed by atoms with Crippen LogP contribution in [-0.4, -0.2) is 48.5 Å². The lowest BCUT2D eigenvalue weighted by molar-refractivity contribution is 0.0600. The molecule has 0 bridgehead atoms. The summed E-state index contributed by atoms with van der Waals surface area (Å²) in [5, 5.41) is -0.0595. The molecule has 0 N–H and O–H groups in total. The van der Waals surface area contributed by atoms with Crippen molar-refractivity contribution in [2.75, 3.05) is 38.3 Å². The van der Waals surface area contributed by atoms with Gasteiger partial charge >= 0.3 is 11.7 Å². The summed E-state index contributed by atoms with van der Waals surface area (Å²) in [5.74, 6) is -1.10. The molecular weight excluding hydrogens is 473 g/mol. The molecule has 9 heteroatoms. The van der Waals surface area contributed by atoms with Crippen molar-refractivity contribution in [1.82, 2.24) is 9.13 Å². The third-order valence-electron chi connectivity index (χ3n) is 6.18. The van der Waals surface area contributed by atoms with E-state index in [1.807, 2.05) is 24.3 Å². The van der Waals surface area contributed by atoms with Crippen LogP contribution in [0, 0.1) is 5.82 Å². The maximum absolute atomic E-state index is 15.2. The molecule has 1 fully saturated rings. The number of anilines is 1. The highest BCUT2D eigenvalue weighted by Gasteiger charge is 2.21. The number of hydrogen-bond donors (Lipinski definition) is 0. The van der Waals surface area contributed by atoms with Crippen molar-refractivity contribution < 1.29 is 18.7 Å². The van der Waals surface area contributed by atoms with E-state index in [1.54, 1.807) is 30.3 Å². The van der Waals surface area contributed by atoms with Gasteiger partial charge < -0.3 is 14.4 Å². The Bertz CT molecular complexity index is 1440. The SMILES string of the molecule is COC(=O)c1ccc(Cn2c(=O)n(-c3ccc(N4CCOCC4)cc3)c3c(F)c(Cl)ccc32)cc1. The van der Waals surface area contributed by atoms with Gasteiger partial charge in [0.15, 0.2) is 5.82 Å². The highest BCUT2D eigenvalue weighted by atomic mass is 35.5. The first-order valence-electron chi connectivity index (χ1n) is 11.2. The minimum atomic E-state index is -0.654. The fourth-order valence-electron chi connectivity index (χ4n) is 4.35. The molecule has 3 aromatic carbocycles. The standard InChI is InChI=1S/C26H23ClFN3O4/c1-34-25(32)18-4-2-17(3-5-18)16-30-22-11-10-21(27)23(28)24(22)31(26(30)33)20-8-6-19(7-9-20)29-12-14-35-15-13-29/h2-11H,12-16H2,1H3. The summed E-state index contributed by atoms with van der Waals surface area (Å²) in [6, 6.07) is 17.3. The lowest BCUT2D eigenvalue weighted by Gasteiger charge is -2.28. The average Bonchev–Trinajstić information content (AvgIpc) is 3.18. The van der Waals surface area contributed by atoms with Crippen LogP contribution < -0.4 is 10.6 Å². The van der Waals surface area contributed by atoms with Crippen molar-refractivity contribution in [3.8, 4) is 5.69 Å². The van der Waals surface area contributed by atoms with E-state index in [2.05, 4.69) is 4.90 Å². The van der Waals surface area contributed by atoms with Crippen LogP contribution in [0.4, 0.5) is 10.1 Å². The quantitative estimate of drug-likeness (QED) is 0.387. The van der Waals surface area contributed by atoms with E-state index in [4.69, 9.17) is 21.1 Å². The van der Waals surface area contributed by atoms with E-state index in [9.17, 15) is 9.59 Å². The largest absolute Gasteiger partial charge is 0.465 e. The van der Waals surface area contributed by atoms with E-state index in [0.29, 0.717) is 30.0 Å². The van der Waals surface area contributed by atoms with Crippen LogP contribution in [0.15, 0.2) is 65.5 Å². The van der Waals surface area contributed by atoms with Crippen molar-refractivity contribution >= 4 is 34.3 Å². The third kappa shape index (κ3) is 4.31. The predicted octanol–water partition coefficient (Wildman–Crippen LogP) is 4.26. The molecule has 1 aliphatic heterocycles. The highest BCUT2D eigenvalue weighted by molar-refractivity contribution is 6.31. The zero-order chi connectivity index (χ0) is 24.5. The Balaban J connectivity index is 1.57. The molecule has 7 nitrogen and oxygen atoms in total. The number of imidazole rings is 1. The van der Waals surface area contributed by atoms with E-state index in [0.717, 1.165) is 24.3 Å². The number of ether oxygens (including phenoxy) is 2. The second kappa shape index (κ2) is 9.56. The number of benzene rings is 3. The number of aromatic nitrogens is 2. The number of morpholine rings is 1. The van der Waals surface area contributed by atoms with Crippen molar-refractivity contribution in [1.29, 1.82) is 0 Å². The van der Waals surface area contributed by atoms with Gasteiger partial charge in [0.2, 0.25) is 0 Å². The van der Waals surface area contributed by atoms with E-state index >= 15 is 4.39 Å². The average molecular weight is 496 g/mol. The number of nitrogens with zero attached hydrogens (tertiary/aromatic N) is 3. The summed E-state index contributed by atoms with van der Waals surface area (Å²) in [7, 11) is 1.32. The molecule has 5 rings (SSSR count). The lowest BCUT2D eigenvalue weighted by Crippen LogP contribution is -2.36. The lowest BCUT2D eigenvalue weighted by atomic mass is 10.1. The number of carbonyl (C=O) groups is 1. The molecule has 0 aliphatic carbocycles. The molecule has 1 aromatic heterocycles. The Kier molecular flexibility index (Phi) is 6.32. The first kappa shape index (κ1) is 23.1. The number of esters is 1. The number of carbonyl (C=O) groups excluding carboxylic acids is 1. The normalized spacial score (nSPS) is 13.9. The van der Waals surface area contributed by atoms with Crippen LogP contribution in [0.2, 0.25) is 5.02 Å². The van der Waals surface area contributed by atoms with Crippen LogP contribution in [0.5, 0.6) is 0 Å². The molecule has 4 aromatic rings. The summed E-state index contributed by atoms with van der Waals surface area (Å²) in [5.41, 5.74) is 2.88. The molecule has 0 unspecified atom stereocenters. The van der Waals surface area contributed by atoms with Gasteiger partial charge in [-0.05, 0) is 54.1 Å². The summed E-state index contributed by atoms with van der Waals surface area (Å²) >= 11 is 6.09. The van der Waals surface area contributed by atoms with Gasteiger partial charge in [0.05, 0.1) is 48.7 Å². The molecule has 35 heavy (non-hydrogen) atoms. The van der Waals surface area contributed by atoms with E-state index < -0.39 is 17.5 Å². The number of methoxy groups -OCH3 is 1. The Hall–Kier alpha value is -3.62. The second-order valence-corrected chi connectivity index (χ2v) is 8.64. The van der Waals surface area contributed by atoms with Gasteiger partial charge in [0.25, 0.3) is 0 Å². The van der Waals surface area contributed by atoms with Crippen molar-refractivity contribution in [3.63, 3.8) is 0 Å². The Morgan fingerprint density at radius 1 is 1.00 bits per heavy atom. The number of hydrogen-bond acceptors (Lipinski definition) is 5. The zero-order valence-corrected chi connectivity index (χ0v) is 19.8. The van der Waals surface area contributed by atoms with Gasteiger partial charge in [-0.2, -0.15) is 0 Å². The van der Waals surface area contributed by atoms with Gasteiger partial charge in [0.1, 0.15) is 5.52 Å². The molecule has 1 aliphatic rings. The predicted molar refractivity (Wildman–Crippen MR) is 132 cm³/mol. The summed E-state index contributed by atoms with van der Waals surface area (Å²) in [6.45, 7) is 3.10. The molecule has 2 heterocycles. The summed E-state index contributed by atoms with van der Waals surface area (Å²) in [4.78, 5) is 27.5. The van der Waals surface area contributed by atoms with Crippen LogP contribution in [0.1, 0.15) is 15.9 Å². The maximum Gasteiger partial charge on any atom is 0.337 e. The molecule has 0 atom stereocenters. The van der Waals surface area contributed by atoms with Crippen LogP contribution in [-0.2, 0) is 16.0 Å². The smallest absolute Gasteiger partial charge is 0.337 e. The molecular formula is C26H23ClFN3O4. The van der Waals surface area contributed by atoms with Crippen LogP contribution in [0.25, 0.3) is 16.7 Å². The number of rotatable bonds is 5. The molecule has 1 saturated heterocycles. The Morgan fingerprint density at radius 3 is 2.31 bits per heavy atom.